The van der Waals surface area contributed by atoms with Gasteiger partial charge in [-0.05, 0) is 67.9 Å². The molecule has 0 heterocycles. The highest BCUT2D eigenvalue weighted by Crippen LogP contribution is 2.01. The van der Waals surface area contributed by atoms with E-state index < -0.39 is 23.1 Å². The summed E-state index contributed by atoms with van der Waals surface area (Å²) in [5.41, 5.74) is 0. The Morgan fingerprint density at radius 2 is 1.59 bits per heavy atom. The minimum Gasteiger partial charge on any atom is -0.726 e. The molecule has 0 aromatic heterocycles. The number of hydrogen-bond acceptors (Lipinski definition) is 5. The number of rotatable bonds is 10. The van der Waals surface area contributed by atoms with Crippen LogP contribution in [-0.4, -0.2) is 30.8 Å². The molecule has 0 aromatic rings. The molecule has 1 unspecified atom stereocenters. The van der Waals surface area contributed by atoms with Crippen molar-refractivity contribution in [1.29, 1.82) is 0 Å². The molecule has 0 aliphatic heterocycles. The zero-order valence-corrected chi connectivity index (χ0v) is 16.9. The fraction of sp³-hybridized carbons (Fsp3) is 0.391. The largest absolute Gasteiger partial charge is 0.726 e. The quantitative estimate of drug-likeness (QED) is 0.258. The molecule has 152 valence electrons. The average Bonchev–Trinajstić information content (AvgIpc) is 2.67. The normalized spacial score (nSPS) is 11.1. The maximum atomic E-state index is 10.2. The van der Waals surface area contributed by atoms with Gasteiger partial charge in [0.05, 0.1) is 0 Å². The molecule has 0 rings (SSSR count). The van der Waals surface area contributed by atoms with Crippen molar-refractivity contribution in [1.82, 2.24) is 0 Å². The first-order valence-electron chi connectivity index (χ1n) is 8.97. The fourth-order valence-corrected chi connectivity index (χ4v) is 1.98. The Morgan fingerprint density at radius 3 is 2.21 bits per heavy atom. The molecule has 0 amide bonds. The van der Waals surface area contributed by atoms with Gasteiger partial charge in [0, 0.05) is 12.8 Å². The van der Waals surface area contributed by atoms with E-state index in [1.54, 1.807) is 6.08 Å². The van der Waals surface area contributed by atoms with Gasteiger partial charge in [-0.1, -0.05) is 41.8 Å². The van der Waals surface area contributed by atoms with Crippen LogP contribution >= 0.6 is 0 Å². The molecule has 0 aromatic carbocycles. The van der Waals surface area contributed by atoms with Crippen LogP contribution in [0.4, 0.5) is 0 Å². The number of unbranched alkanes of at least 4 members (excludes halogenated alkanes) is 5. The van der Waals surface area contributed by atoms with Crippen molar-refractivity contribution in [3.8, 4) is 59.7 Å². The van der Waals surface area contributed by atoms with Gasteiger partial charge in [-0.2, -0.15) is 0 Å². The molecule has 0 spiro atoms. The molecule has 29 heavy (non-hydrogen) atoms. The Hall–Kier alpha value is -2.89. The van der Waals surface area contributed by atoms with Crippen LogP contribution < -0.4 is 0 Å². The van der Waals surface area contributed by atoms with Gasteiger partial charge in [-0.15, -0.1) is 6.42 Å². The van der Waals surface area contributed by atoms with Crippen LogP contribution in [0.2, 0.25) is 0 Å². The standard InChI is InChI=1S/C23H24O5S/c1-2-3-4-5-6-7-8-9-10-11-12-13-14-15-16-17-18-19-20-21-23(24)22-28-29(25,26)27/h1,3-4,9-10,23-24H,5-8,15-17,22H2,(H,25,26,27)/p-1/b4-3-,10-9-. The first-order valence-corrected chi connectivity index (χ1v) is 10.3. The summed E-state index contributed by atoms with van der Waals surface area (Å²) < 4.78 is 34.4. The zero-order valence-electron chi connectivity index (χ0n) is 16.1. The maximum Gasteiger partial charge on any atom is 0.217 e. The van der Waals surface area contributed by atoms with Crippen LogP contribution in [0.3, 0.4) is 0 Å². The lowest BCUT2D eigenvalue weighted by atomic mass is 10.2. The van der Waals surface area contributed by atoms with E-state index in [4.69, 9.17) is 6.42 Å². The van der Waals surface area contributed by atoms with Crippen molar-refractivity contribution in [2.45, 2.75) is 51.0 Å². The predicted octanol–water partition coefficient (Wildman–Crippen LogP) is 2.31. The first kappa shape index (κ1) is 26.1. The molecule has 0 saturated carbocycles. The number of aliphatic hydroxyl groups is 1. The number of terminal acetylenes is 1. The van der Waals surface area contributed by atoms with E-state index in [1.165, 1.54) is 0 Å². The smallest absolute Gasteiger partial charge is 0.217 e. The van der Waals surface area contributed by atoms with Gasteiger partial charge in [0.1, 0.15) is 12.7 Å². The summed E-state index contributed by atoms with van der Waals surface area (Å²) >= 11 is 0. The molecule has 0 aliphatic carbocycles. The lowest BCUT2D eigenvalue weighted by Crippen LogP contribution is -2.16. The number of hydrogen-bond donors (Lipinski definition) is 1. The molecule has 0 aliphatic rings. The van der Waals surface area contributed by atoms with Crippen molar-refractivity contribution in [3.05, 3.63) is 24.3 Å². The van der Waals surface area contributed by atoms with Gasteiger partial charge >= 0.3 is 0 Å². The fourth-order valence-electron chi connectivity index (χ4n) is 1.68. The van der Waals surface area contributed by atoms with E-state index in [0.717, 1.165) is 32.1 Å². The SMILES string of the molecule is C#C/C=C\CCCC/C=C\C#CC#CCCCC#CC#CC(O)COS(=O)(=O)[O-]. The van der Waals surface area contributed by atoms with Gasteiger partial charge in [0.25, 0.3) is 0 Å². The van der Waals surface area contributed by atoms with Crippen LogP contribution in [0.15, 0.2) is 24.3 Å². The molecule has 5 nitrogen and oxygen atoms in total. The van der Waals surface area contributed by atoms with E-state index in [1.807, 2.05) is 18.2 Å². The molecular formula is C23H23O5S-. The summed E-state index contributed by atoms with van der Waals surface area (Å²) in [6, 6.07) is 0. The summed E-state index contributed by atoms with van der Waals surface area (Å²) in [4.78, 5) is 0. The van der Waals surface area contributed by atoms with Crippen molar-refractivity contribution in [2.24, 2.45) is 0 Å². The third-order valence-corrected chi connectivity index (χ3v) is 3.42. The Morgan fingerprint density at radius 1 is 0.966 bits per heavy atom. The third-order valence-electron chi connectivity index (χ3n) is 2.99. The van der Waals surface area contributed by atoms with Crippen molar-refractivity contribution in [3.63, 3.8) is 0 Å². The Bertz CT molecular complexity index is 921. The monoisotopic (exact) mass is 411 g/mol. The second kappa shape index (κ2) is 18.5. The van der Waals surface area contributed by atoms with Crippen molar-refractivity contribution >= 4 is 10.4 Å². The maximum absolute atomic E-state index is 10.2. The van der Waals surface area contributed by atoms with Gasteiger partial charge in [-0.3, -0.25) is 4.18 Å². The summed E-state index contributed by atoms with van der Waals surface area (Å²) in [6.07, 6.45) is 17.4. The van der Waals surface area contributed by atoms with E-state index in [0.29, 0.717) is 12.8 Å². The van der Waals surface area contributed by atoms with E-state index in [-0.39, 0.29) is 0 Å². The minimum atomic E-state index is -4.83. The third kappa shape index (κ3) is 23.1. The van der Waals surface area contributed by atoms with Crippen molar-refractivity contribution in [2.75, 3.05) is 6.61 Å². The predicted molar refractivity (Wildman–Crippen MR) is 112 cm³/mol. The second-order valence-electron chi connectivity index (χ2n) is 5.46. The molecule has 0 fully saturated rings. The van der Waals surface area contributed by atoms with Crippen molar-refractivity contribution < 1.29 is 22.3 Å². The van der Waals surface area contributed by atoms with E-state index in [9.17, 15) is 18.1 Å². The summed E-state index contributed by atoms with van der Waals surface area (Å²) in [5, 5.41) is 9.24. The Kier molecular flexibility index (Phi) is 16.6. The van der Waals surface area contributed by atoms with Gasteiger partial charge in [0.2, 0.25) is 10.4 Å². The summed E-state index contributed by atoms with van der Waals surface area (Å²) in [6.45, 7) is -0.711. The summed E-state index contributed by atoms with van der Waals surface area (Å²) in [5.74, 6) is 23.7. The first-order chi connectivity index (χ1) is 14.0. The Labute approximate surface area is 174 Å². The minimum absolute atomic E-state index is 0.578. The Balaban J connectivity index is 3.82. The van der Waals surface area contributed by atoms with Gasteiger partial charge in [0.15, 0.2) is 0 Å². The number of aliphatic hydroxyl groups excluding tert-OH is 1. The summed E-state index contributed by atoms with van der Waals surface area (Å²) in [7, 11) is -4.83. The zero-order chi connectivity index (χ0) is 21.6. The molecule has 0 saturated heterocycles. The van der Waals surface area contributed by atoms with Gasteiger partial charge < -0.3 is 9.66 Å². The molecular weight excluding hydrogens is 388 g/mol. The highest BCUT2D eigenvalue weighted by Gasteiger charge is 2.01. The highest BCUT2D eigenvalue weighted by molar-refractivity contribution is 7.80. The average molecular weight is 411 g/mol. The van der Waals surface area contributed by atoms with Gasteiger partial charge in [-0.25, -0.2) is 8.42 Å². The van der Waals surface area contributed by atoms with E-state index in [2.05, 4.69) is 57.5 Å². The van der Waals surface area contributed by atoms with E-state index >= 15 is 0 Å². The van der Waals surface area contributed by atoms with Crippen LogP contribution in [0.5, 0.6) is 0 Å². The molecule has 0 bridgehead atoms. The number of allylic oxidation sites excluding steroid dienone is 4. The molecule has 1 N–H and O–H groups in total. The lowest BCUT2D eigenvalue weighted by Gasteiger charge is -2.07. The topological polar surface area (TPSA) is 86.7 Å². The second-order valence-corrected chi connectivity index (χ2v) is 6.51. The molecule has 0 radical (unpaired) electrons. The van der Waals surface area contributed by atoms with Crippen LogP contribution in [0.25, 0.3) is 0 Å². The molecule has 6 heteroatoms. The highest BCUT2D eigenvalue weighted by atomic mass is 32.3. The van der Waals surface area contributed by atoms with Crippen LogP contribution in [-0.2, 0) is 14.6 Å². The van der Waals surface area contributed by atoms with Crippen LogP contribution in [0, 0.1) is 59.7 Å². The van der Waals surface area contributed by atoms with Crippen LogP contribution in [0.1, 0.15) is 44.9 Å². The molecule has 1 atom stereocenters. The lowest BCUT2D eigenvalue weighted by molar-refractivity contribution is 0.142.